The van der Waals surface area contributed by atoms with E-state index in [1.807, 2.05) is 20.8 Å². The monoisotopic (exact) mass is 573 g/mol. The van der Waals surface area contributed by atoms with Gasteiger partial charge in [-0.1, -0.05) is 24.3 Å². The lowest BCUT2D eigenvalue weighted by atomic mass is 10.1. The van der Waals surface area contributed by atoms with E-state index in [0.717, 1.165) is 16.8 Å². The number of fused-ring (bicyclic) bond motifs is 1. The molecule has 0 unspecified atom stereocenters. The molecule has 192 valence electrons. The van der Waals surface area contributed by atoms with E-state index in [2.05, 4.69) is 26.0 Å². The first-order valence-corrected chi connectivity index (χ1v) is 12.2. The van der Waals surface area contributed by atoms with E-state index in [9.17, 15) is 18.0 Å². The zero-order chi connectivity index (χ0) is 26.7. The second-order valence-electron chi connectivity index (χ2n) is 8.31. The standard InChI is InChI=1S/C27H23BrF3N3O3/c1-4-36-23-13-18(21(28)14-24(23)37-16(2)3)15-32-34-25(17-8-7-9-19(12-17)27(29,30)31)33-22-11-6-5-10-20(22)26(34)35/h5-16H,4H2,1-3H3. The summed E-state index contributed by atoms with van der Waals surface area (Å²) in [6, 6.07) is 14.7. The van der Waals surface area contributed by atoms with Crippen LogP contribution in [-0.2, 0) is 6.18 Å². The summed E-state index contributed by atoms with van der Waals surface area (Å²) in [5, 5.41) is 4.64. The molecule has 0 aliphatic rings. The van der Waals surface area contributed by atoms with E-state index in [0.29, 0.717) is 33.7 Å². The highest BCUT2D eigenvalue weighted by atomic mass is 79.9. The molecule has 0 atom stereocenters. The number of ether oxygens (including phenoxy) is 2. The van der Waals surface area contributed by atoms with Crippen molar-refractivity contribution < 1.29 is 22.6 Å². The maximum atomic E-state index is 13.4. The highest BCUT2D eigenvalue weighted by molar-refractivity contribution is 9.10. The summed E-state index contributed by atoms with van der Waals surface area (Å²) >= 11 is 3.49. The lowest BCUT2D eigenvalue weighted by molar-refractivity contribution is -0.137. The van der Waals surface area contributed by atoms with Gasteiger partial charge in [0.15, 0.2) is 17.3 Å². The molecule has 1 aromatic heterocycles. The molecule has 10 heteroatoms. The van der Waals surface area contributed by atoms with Gasteiger partial charge in [-0.15, -0.1) is 0 Å². The van der Waals surface area contributed by atoms with Gasteiger partial charge < -0.3 is 9.47 Å². The Hall–Kier alpha value is -3.66. The van der Waals surface area contributed by atoms with Crippen LogP contribution >= 0.6 is 15.9 Å². The molecule has 0 aliphatic heterocycles. The van der Waals surface area contributed by atoms with Crippen LogP contribution in [-0.4, -0.2) is 28.6 Å². The SMILES string of the molecule is CCOc1cc(C=Nn2c(-c3cccc(C(F)(F)F)c3)nc3ccccc3c2=O)c(Br)cc1OC(C)C. The van der Waals surface area contributed by atoms with Crippen LogP contribution in [0.1, 0.15) is 31.9 Å². The van der Waals surface area contributed by atoms with Crippen molar-refractivity contribution in [2.24, 2.45) is 5.10 Å². The quantitative estimate of drug-likeness (QED) is 0.225. The number of hydrogen-bond acceptors (Lipinski definition) is 5. The van der Waals surface area contributed by atoms with E-state index in [4.69, 9.17) is 9.47 Å². The molecule has 4 rings (SSSR count). The molecular formula is C27H23BrF3N3O3. The Morgan fingerprint density at radius 1 is 1.08 bits per heavy atom. The number of aromatic nitrogens is 2. The van der Waals surface area contributed by atoms with Gasteiger partial charge >= 0.3 is 6.18 Å². The van der Waals surface area contributed by atoms with Crippen molar-refractivity contribution in [1.29, 1.82) is 0 Å². The molecule has 0 bridgehead atoms. The fourth-order valence-electron chi connectivity index (χ4n) is 3.64. The largest absolute Gasteiger partial charge is 0.490 e. The summed E-state index contributed by atoms with van der Waals surface area (Å²) in [6.07, 6.45) is -3.22. The fourth-order valence-corrected chi connectivity index (χ4v) is 4.06. The Balaban J connectivity index is 1.89. The number of nitrogens with zero attached hydrogens (tertiary/aromatic N) is 3. The molecule has 1 heterocycles. The zero-order valence-electron chi connectivity index (χ0n) is 20.2. The number of benzene rings is 3. The van der Waals surface area contributed by atoms with Gasteiger partial charge in [-0.3, -0.25) is 4.79 Å². The highest BCUT2D eigenvalue weighted by Gasteiger charge is 2.31. The van der Waals surface area contributed by atoms with E-state index < -0.39 is 17.3 Å². The number of rotatable bonds is 7. The zero-order valence-corrected chi connectivity index (χ0v) is 21.8. The molecule has 0 aliphatic carbocycles. The van der Waals surface area contributed by atoms with Crippen LogP contribution in [0, 0.1) is 0 Å². The minimum atomic E-state index is -4.55. The van der Waals surface area contributed by atoms with Gasteiger partial charge in [0.2, 0.25) is 0 Å². The third-order valence-electron chi connectivity index (χ3n) is 5.24. The third kappa shape index (κ3) is 5.85. The molecule has 3 aromatic carbocycles. The van der Waals surface area contributed by atoms with Crippen LogP contribution in [0.15, 0.2) is 75.0 Å². The predicted molar refractivity (Wildman–Crippen MR) is 141 cm³/mol. The second kappa shape index (κ2) is 10.8. The highest BCUT2D eigenvalue weighted by Crippen LogP contribution is 2.34. The second-order valence-corrected chi connectivity index (χ2v) is 9.17. The van der Waals surface area contributed by atoms with Gasteiger partial charge in [-0.2, -0.15) is 22.9 Å². The first-order chi connectivity index (χ1) is 17.6. The number of hydrogen-bond donors (Lipinski definition) is 0. The Kier molecular flexibility index (Phi) is 7.68. The van der Waals surface area contributed by atoms with Gasteiger partial charge in [-0.05, 0) is 73.1 Å². The fraction of sp³-hybridized carbons (Fsp3) is 0.222. The first kappa shape index (κ1) is 26.4. The lowest BCUT2D eigenvalue weighted by Gasteiger charge is -2.16. The first-order valence-electron chi connectivity index (χ1n) is 11.4. The van der Waals surface area contributed by atoms with Gasteiger partial charge in [-0.25, -0.2) is 4.98 Å². The van der Waals surface area contributed by atoms with Gasteiger partial charge in [0, 0.05) is 15.6 Å². The normalized spacial score (nSPS) is 12.0. The molecule has 0 spiro atoms. The van der Waals surface area contributed by atoms with Gasteiger partial charge in [0.25, 0.3) is 5.56 Å². The number of para-hydroxylation sites is 1. The van der Waals surface area contributed by atoms with E-state index >= 15 is 0 Å². The Morgan fingerprint density at radius 2 is 1.84 bits per heavy atom. The number of alkyl halides is 3. The number of halogens is 4. The van der Waals surface area contributed by atoms with Gasteiger partial charge in [0.05, 0.1) is 35.4 Å². The minimum Gasteiger partial charge on any atom is -0.490 e. The van der Waals surface area contributed by atoms with Crippen molar-refractivity contribution in [2.75, 3.05) is 6.61 Å². The summed E-state index contributed by atoms with van der Waals surface area (Å²) in [7, 11) is 0. The molecular weight excluding hydrogens is 551 g/mol. The van der Waals surface area contributed by atoms with Crippen molar-refractivity contribution >= 4 is 33.0 Å². The average molecular weight is 574 g/mol. The molecule has 37 heavy (non-hydrogen) atoms. The van der Waals surface area contributed by atoms with Crippen LogP contribution in [0.2, 0.25) is 0 Å². The van der Waals surface area contributed by atoms with E-state index in [-0.39, 0.29) is 22.9 Å². The summed E-state index contributed by atoms with van der Waals surface area (Å²) in [5.41, 5.74) is -0.358. The van der Waals surface area contributed by atoms with Crippen LogP contribution in [0.3, 0.4) is 0 Å². The van der Waals surface area contributed by atoms with Gasteiger partial charge in [0.1, 0.15) is 0 Å². The van der Waals surface area contributed by atoms with Crippen LogP contribution < -0.4 is 15.0 Å². The molecule has 4 aromatic rings. The van der Waals surface area contributed by atoms with Crippen molar-refractivity contribution in [3.05, 3.63) is 86.6 Å². The summed E-state index contributed by atoms with van der Waals surface area (Å²) < 4.78 is 53.3. The molecule has 0 saturated carbocycles. The minimum absolute atomic E-state index is 0.0213. The van der Waals surface area contributed by atoms with Crippen LogP contribution in [0.4, 0.5) is 13.2 Å². The van der Waals surface area contributed by atoms with Crippen molar-refractivity contribution in [3.8, 4) is 22.9 Å². The summed E-state index contributed by atoms with van der Waals surface area (Å²) in [5.74, 6) is 1.00. The Labute approximate surface area is 219 Å². The summed E-state index contributed by atoms with van der Waals surface area (Å²) in [4.78, 5) is 17.9. The maximum absolute atomic E-state index is 13.4. The lowest BCUT2D eigenvalue weighted by Crippen LogP contribution is -2.20. The molecule has 0 amide bonds. The molecule has 0 saturated heterocycles. The molecule has 0 N–H and O–H groups in total. The molecule has 6 nitrogen and oxygen atoms in total. The topological polar surface area (TPSA) is 65.7 Å². The van der Waals surface area contributed by atoms with Crippen molar-refractivity contribution in [2.45, 2.75) is 33.1 Å². The van der Waals surface area contributed by atoms with E-state index in [1.165, 1.54) is 18.3 Å². The predicted octanol–water partition coefficient (Wildman–Crippen LogP) is 6.91. The third-order valence-corrected chi connectivity index (χ3v) is 5.93. The Morgan fingerprint density at radius 3 is 2.54 bits per heavy atom. The summed E-state index contributed by atoms with van der Waals surface area (Å²) in [6.45, 7) is 6.04. The smallest absolute Gasteiger partial charge is 0.416 e. The van der Waals surface area contributed by atoms with Crippen LogP contribution in [0.25, 0.3) is 22.3 Å². The van der Waals surface area contributed by atoms with E-state index in [1.54, 1.807) is 36.4 Å². The average Bonchev–Trinajstić information content (AvgIpc) is 2.85. The molecule has 0 radical (unpaired) electrons. The van der Waals surface area contributed by atoms with Crippen molar-refractivity contribution in [3.63, 3.8) is 0 Å². The maximum Gasteiger partial charge on any atom is 0.416 e. The Bertz CT molecular complexity index is 1530. The molecule has 0 fully saturated rings. The van der Waals surface area contributed by atoms with Crippen LogP contribution in [0.5, 0.6) is 11.5 Å². The van der Waals surface area contributed by atoms with Crippen molar-refractivity contribution in [1.82, 2.24) is 9.66 Å².